The molecule has 25 heavy (non-hydrogen) atoms. The number of benzene rings is 1. The number of piperidine rings is 1. The number of pyridine rings is 1. The lowest BCUT2D eigenvalue weighted by Crippen LogP contribution is -2.47. The van der Waals surface area contributed by atoms with Crippen molar-refractivity contribution >= 4 is 41.6 Å². The van der Waals surface area contributed by atoms with Gasteiger partial charge >= 0.3 is 0 Å². The quantitative estimate of drug-likeness (QED) is 0.880. The van der Waals surface area contributed by atoms with Crippen molar-refractivity contribution in [2.45, 2.75) is 25.8 Å². The standard InChI is InChI=1S/C18H23N3O2.2ClH/c1-12-9-16(15-10-14(23-3)6-7-17(15)20-12)18(22)21-8-4-5-13(11-21)19-2;;/h6-7,9-10,13,19H,4-5,8,11H2,1-3H3;2*1H. The highest BCUT2D eigenvalue weighted by molar-refractivity contribution is 6.06. The fourth-order valence-electron chi connectivity index (χ4n) is 3.21. The zero-order chi connectivity index (χ0) is 16.4. The molecule has 2 heterocycles. The van der Waals surface area contributed by atoms with E-state index in [0.29, 0.717) is 11.6 Å². The first-order valence-electron chi connectivity index (χ1n) is 8.04. The van der Waals surface area contributed by atoms with E-state index in [1.165, 1.54) is 0 Å². The van der Waals surface area contributed by atoms with Gasteiger partial charge in [-0.1, -0.05) is 0 Å². The molecule has 5 nitrogen and oxygen atoms in total. The van der Waals surface area contributed by atoms with E-state index in [2.05, 4.69) is 10.3 Å². The number of methoxy groups -OCH3 is 1. The average Bonchev–Trinajstić information content (AvgIpc) is 2.60. The lowest BCUT2D eigenvalue weighted by atomic mass is 10.0. The molecule has 2 aromatic rings. The SMILES string of the molecule is CNC1CCCN(C(=O)c2cc(C)nc3ccc(OC)cc23)C1.Cl.Cl. The lowest BCUT2D eigenvalue weighted by Gasteiger charge is -2.33. The van der Waals surface area contributed by atoms with Crippen molar-refractivity contribution in [2.24, 2.45) is 0 Å². The summed E-state index contributed by atoms with van der Waals surface area (Å²) >= 11 is 0. The van der Waals surface area contributed by atoms with Crippen molar-refractivity contribution < 1.29 is 9.53 Å². The van der Waals surface area contributed by atoms with Gasteiger partial charge in [-0.25, -0.2) is 0 Å². The Labute approximate surface area is 161 Å². The summed E-state index contributed by atoms with van der Waals surface area (Å²) < 4.78 is 5.30. The Kier molecular flexibility index (Phi) is 7.93. The fraction of sp³-hybridized carbons (Fsp3) is 0.444. The summed E-state index contributed by atoms with van der Waals surface area (Å²) in [4.78, 5) is 19.5. The Morgan fingerprint density at radius 2 is 2.08 bits per heavy atom. The number of amides is 1. The number of ether oxygens (including phenoxy) is 1. The van der Waals surface area contributed by atoms with Gasteiger partial charge in [0.2, 0.25) is 0 Å². The number of carbonyl (C=O) groups is 1. The zero-order valence-corrected chi connectivity index (χ0v) is 16.4. The maximum Gasteiger partial charge on any atom is 0.254 e. The number of rotatable bonds is 3. The molecule has 0 aliphatic carbocycles. The van der Waals surface area contributed by atoms with Crippen LogP contribution in [0.1, 0.15) is 28.9 Å². The van der Waals surface area contributed by atoms with Crippen LogP contribution in [0, 0.1) is 6.92 Å². The van der Waals surface area contributed by atoms with E-state index in [-0.39, 0.29) is 30.7 Å². The van der Waals surface area contributed by atoms with E-state index in [4.69, 9.17) is 4.74 Å². The summed E-state index contributed by atoms with van der Waals surface area (Å²) in [6.07, 6.45) is 2.15. The molecule has 1 aliphatic rings. The summed E-state index contributed by atoms with van der Waals surface area (Å²) in [5.74, 6) is 0.817. The van der Waals surface area contributed by atoms with E-state index < -0.39 is 0 Å². The van der Waals surface area contributed by atoms with Crippen molar-refractivity contribution in [3.8, 4) is 5.75 Å². The monoisotopic (exact) mass is 385 g/mol. The predicted octanol–water partition coefficient (Wildman–Crippen LogP) is 3.22. The molecular formula is C18H25Cl2N3O2. The van der Waals surface area contributed by atoms with E-state index in [0.717, 1.165) is 48.3 Å². The average molecular weight is 386 g/mol. The Balaban J connectivity index is 0.00000156. The van der Waals surface area contributed by atoms with Gasteiger partial charge in [0.1, 0.15) is 5.75 Å². The van der Waals surface area contributed by atoms with E-state index in [1.807, 2.05) is 43.1 Å². The second kappa shape index (κ2) is 9.22. The molecule has 1 amide bonds. The second-order valence-corrected chi connectivity index (χ2v) is 6.07. The van der Waals surface area contributed by atoms with Gasteiger partial charge in [0.05, 0.1) is 18.2 Å². The molecule has 0 bridgehead atoms. The van der Waals surface area contributed by atoms with Gasteiger partial charge in [0.15, 0.2) is 0 Å². The van der Waals surface area contributed by atoms with Crippen molar-refractivity contribution in [1.82, 2.24) is 15.2 Å². The van der Waals surface area contributed by atoms with Crippen LogP contribution in [-0.2, 0) is 0 Å². The van der Waals surface area contributed by atoms with Gasteiger partial charge in [-0.15, -0.1) is 24.8 Å². The summed E-state index contributed by atoms with van der Waals surface area (Å²) in [5, 5.41) is 4.13. The van der Waals surface area contributed by atoms with Gasteiger partial charge in [-0.05, 0) is 51.1 Å². The van der Waals surface area contributed by atoms with Crippen molar-refractivity contribution in [3.63, 3.8) is 0 Å². The van der Waals surface area contributed by atoms with Crippen molar-refractivity contribution in [1.29, 1.82) is 0 Å². The van der Waals surface area contributed by atoms with Crippen molar-refractivity contribution in [2.75, 3.05) is 27.2 Å². The number of likely N-dealkylation sites (N-methyl/N-ethyl adjacent to an activating group) is 1. The number of likely N-dealkylation sites (tertiary alicyclic amines) is 1. The van der Waals surface area contributed by atoms with E-state index in [1.54, 1.807) is 7.11 Å². The first kappa shape index (κ1) is 21.5. The van der Waals surface area contributed by atoms with Gasteiger partial charge < -0.3 is 15.0 Å². The largest absolute Gasteiger partial charge is 0.497 e. The zero-order valence-electron chi connectivity index (χ0n) is 14.7. The van der Waals surface area contributed by atoms with Crippen LogP contribution >= 0.6 is 24.8 Å². The van der Waals surface area contributed by atoms with Crippen LogP contribution in [0.15, 0.2) is 24.3 Å². The van der Waals surface area contributed by atoms with Crippen LogP contribution in [-0.4, -0.2) is 49.1 Å². The minimum atomic E-state index is 0. The number of hydrogen-bond donors (Lipinski definition) is 1. The molecule has 0 radical (unpaired) electrons. The number of hydrogen-bond acceptors (Lipinski definition) is 4. The summed E-state index contributed by atoms with van der Waals surface area (Å²) in [6.45, 7) is 3.49. The number of nitrogens with one attached hydrogen (secondary N) is 1. The molecule has 0 spiro atoms. The predicted molar refractivity (Wildman–Crippen MR) is 106 cm³/mol. The molecule has 0 saturated carbocycles. The molecule has 3 rings (SSSR count). The van der Waals surface area contributed by atoms with E-state index >= 15 is 0 Å². The van der Waals surface area contributed by atoms with Crippen LogP contribution < -0.4 is 10.1 Å². The summed E-state index contributed by atoms with van der Waals surface area (Å²) in [7, 11) is 3.59. The Morgan fingerprint density at radius 3 is 2.76 bits per heavy atom. The summed E-state index contributed by atoms with van der Waals surface area (Å²) in [6, 6.07) is 7.93. The number of fused-ring (bicyclic) bond motifs is 1. The van der Waals surface area contributed by atoms with Crippen molar-refractivity contribution in [3.05, 3.63) is 35.5 Å². The maximum atomic E-state index is 13.1. The fourth-order valence-corrected chi connectivity index (χ4v) is 3.21. The molecule has 7 heteroatoms. The lowest BCUT2D eigenvalue weighted by molar-refractivity contribution is 0.0700. The van der Waals surface area contributed by atoms with Crippen LogP contribution in [0.4, 0.5) is 0 Å². The van der Waals surface area contributed by atoms with Crippen LogP contribution in [0.5, 0.6) is 5.75 Å². The van der Waals surface area contributed by atoms with Crippen LogP contribution in [0.25, 0.3) is 10.9 Å². The van der Waals surface area contributed by atoms with Gasteiger partial charge in [0.25, 0.3) is 5.91 Å². The van der Waals surface area contributed by atoms with Gasteiger partial charge in [0, 0.05) is 30.2 Å². The third-order valence-corrected chi connectivity index (χ3v) is 4.49. The highest BCUT2D eigenvalue weighted by Gasteiger charge is 2.25. The number of aromatic nitrogens is 1. The molecule has 1 aromatic heterocycles. The van der Waals surface area contributed by atoms with Gasteiger partial charge in [-0.2, -0.15) is 0 Å². The molecular weight excluding hydrogens is 361 g/mol. The molecule has 138 valence electrons. The first-order valence-corrected chi connectivity index (χ1v) is 8.04. The molecule has 1 aromatic carbocycles. The smallest absolute Gasteiger partial charge is 0.254 e. The third-order valence-electron chi connectivity index (χ3n) is 4.49. The number of nitrogens with zero attached hydrogens (tertiary/aromatic N) is 2. The Morgan fingerprint density at radius 1 is 1.32 bits per heavy atom. The highest BCUT2D eigenvalue weighted by Crippen LogP contribution is 2.25. The minimum Gasteiger partial charge on any atom is -0.497 e. The molecule has 1 saturated heterocycles. The number of halogens is 2. The topological polar surface area (TPSA) is 54.5 Å². The van der Waals surface area contributed by atoms with Crippen LogP contribution in [0.2, 0.25) is 0 Å². The molecule has 1 aliphatic heterocycles. The molecule has 1 atom stereocenters. The Bertz CT molecular complexity index is 740. The summed E-state index contributed by atoms with van der Waals surface area (Å²) in [5.41, 5.74) is 2.40. The first-order chi connectivity index (χ1) is 11.1. The maximum absolute atomic E-state index is 13.1. The molecule has 1 fully saturated rings. The second-order valence-electron chi connectivity index (χ2n) is 6.07. The number of aryl methyl sites for hydroxylation is 1. The van der Waals surface area contributed by atoms with Crippen LogP contribution in [0.3, 0.4) is 0 Å². The molecule has 1 unspecified atom stereocenters. The Hall–Kier alpha value is -1.56. The highest BCUT2D eigenvalue weighted by atomic mass is 35.5. The molecule has 1 N–H and O–H groups in total. The minimum absolute atomic E-state index is 0. The van der Waals surface area contributed by atoms with E-state index in [9.17, 15) is 4.79 Å². The number of carbonyl (C=O) groups excluding carboxylic acids is 1. The normalized spacial score (nSPS) is 16.8. The van der Waals surface area contributed by atoms with Gasteiger partial charge in [-0.3, -0.25) is 9.78 Å². The third kappa shape index (κ3) is 4.54.